The predicted octanol–water partition coefficient (Wildman–Crippen LogP) is 2.66. The summed E-state index contributed by atoms with van der Waals surface area (Å²) in [5.41, 5.74) is 1.40. The summed E-state index contributed by atoms with van der Waals surface area (Å²) in [5, 5.41) is 0. The van der Waals surface area contributed by atoms with Crippen molar-refractivity contribution in [3.8, 4) is 0 Å². The first-order chi connectivity index (χ1) is 13.9. The lowest BCUT2D eigenvalue weighted by molar-refractivity contribution is -0.135. The van der Waals surface area contributed by atoms with E-state index in [1.165, 1.54) is 11.8 Å². The average Bonchev–Trinajstić information content (AvgIpc) is 3.48. The summed E-state index contributed by atoms with van der Waals surface area (Å²) in [5.74, 6) is 0.898. The molecule has 1 heterocycles. The normalized spacial score (nSPS) is 30.4. The summed E-state index contributed by atoms with van der Waals surface area (Å²) >= 11 is 0. The topological polar surface area (TPSA) is 75.7 Å². The van der Waals surface area contributed by atoms with Crippen molar-refractivity contribution in [2.75, 3.05) is 19.4 Å². The lowest BCUT2D eigenvalue weighted by atomic mass is 9.83. The first kappa shape index (κ1) is 20.8. The second-order valence-electron chi connectivity index (χ2n) is 8.88. The first-order valence-electron chi connectivity index (χ1n) is 10.8. The zero-order valence-corrected chi connectivity index (χ0v) is 17.9. The Hall–Kier alpha value is -1.44. The molecule has 1 aliphatic heterocycles. The van der Waals surface area contributed by atoms with Crippen LogP contribution in [0.25, 0.3) is 0 Å². The van der Waals surface area contributed by atoms with E-state index < -0.39 is 10.0 Å². The van der Waals surface area contributed by atoms with Gasteiger partial charge < -0.3 is 9.64 Å². The van der Waals surface area contributed by atoms with Crippen LogP contribution in [0.5, 0.6) is 0 Å². The molecule has 2 saturated carbocycles. The fourth-order valence-electron chi connectivity index (χ4n) is 4.83. The highest BCUT2D eigenvalue weighted by atomic mass is 32.2. The van der Waals surface area contributed by atoms with E-state index in [0.29, 0.717) is 25.5 Å². The van der Waals surface area contributed by atoms with Gasteiger partial charge in [-0.25, -0.2) is 13.1 Å². The van der Waals surface area contributed by atoms with E-state index in [1.807, 2.05) is 4.90 Å². The molecular weight excluding hydrogens is 388 g/mol. The third-order valence-electron chi connectivity index (χ3n) is 6.57. The third kappa shape index (κ3) is 5.38. The number of hydrogen-bond acceptors (Lipinski definition) is 4. The Morgan fingerprint density at radius 1 is 1.07 bits per heavy atom. The van der Waals surface area contributed by atoms with Gasteiger partial charge in [0.2, 0.25) is 15.9 Å². The molecule has 4 rings (SSSR count). The highest BCUT2D eigenvalue weighted by Crippen LogP contribution is 2.36. The Balaban J connectivity index is 1.33. The van der Waals surface area contributed by atoms with Crippen molar-refractivity contribution >= 4 is 15.9 Å². The van der Waals surface area contributed by atoms with E-state index in [4.69, 9.17) is 4.74 Å². The molecule has 2 atom stereocenters. The Bertz CT molecular complexity index is 801. The number of sulfonamides is 1. The minimum absolute atomic E-state index is 0.135. The smallest absolute Gasteiger partial charge is 0.226 e. The number of hydrogen-bond donors (Lipinski definition) is 1. The van der Waals surface area contributed by atoms with Gasteiger partial charge in [0.25, 0.3) is 0 Å². The number of ether oxygens (including phenoxy) is 1. The lowest BCUT2D eigenvalue weighted by Gasteiger charge is -2.33. The fraction of sp³-hybridized carbons (Fsp3) is 0.682. The molecule has 2 unspecified atom stereocenters. The maximum atomic E-state index is 12.7. The molecule has 160 valence electrons. The van der Waals surface area contributed by atoms with Crippen LogP contribution in [0.1, 0.15) is 56.4 Å². The van der Waals surface area contributed by atoms with E-state index in [-0.39, 0.29) is 30.0 Å². The van der Waals surface area contributed by atoms with Gasteiger partial charge in [-0.05, 0) is 56.4 Å². The van der Waals surface area contributed by atoms with Gasteiger partial charge in [0, 0.05) is 18.5 Å². The van der Waals surface area contributed by atoms with Gasteiger partial charge in [0.05, 0.1) is 25.0 Å². The van der Waals surface area contributed by atoms with Crippen LogP contribution < -0.4 is 4.72 Å². The molecule has 0 spiro atoms. The van der Waals surface area contributed by atoms with Crippen LogP contribution in [0.2, 0.25) is 0 Å². The van der Waals surface area contributed by atoms with Gasteiger partial charge in [0.15, 0.2) is 0 Å². The van der Waals surface area contributed by atoms with E-state index in [2.05, 4.69) is 35.1 Å². The summed E-state index contributed by atoms with van der Waals surface area (Å²) in [7, 11) is -3.32. The number of carbonyl (C=O) groups excluding carboxylic acids is 1. The van der Waals surface area contributed by atoms with E-state index in [0.717, 1.165) is 38.5 Å². The second kappa shape index (κ2) is 8.74. The average molecular weight is 421 g/mol. The van der Waals surface area contributed by atoms with Crippen LogP contribution in [0.4, 0.5) is 0 Å². The predicted molar refractivity (Wildman–Crippen MR) is 112 cm³/mol. The minimum atomic E-state index is -3.32. The van der Waals surface area contributed by atoms with Crippen LogP contribution in [0.3, 0.4) is 0 Å². The molecule has 29 heavy (non-hydrogen) atoms. The van der Waals surface area contributed by atoms with Crippen LogP contribution in [-0.4, -0.2) is 56.8 Å². The lowest BCUT2D eigenvalue weighted by Crippen LogP contribution is -2.49. The number of likely N-dealkylation sites (tertiary alicyclic amines) is 1. The molecule has 1 N–H and O–H groups in total. The number of benzene rings is 1. The molecule has 1 amide bonds. The van der Waals surface area contributed by atoms with Crippen molar-refractivity contribution < 1.29 is 17.9 Å². The highest BCUT2D eigenvalue weighted by molar-refractivity contribution is 7.88. The molecule has 1 aromatic carbocycles. The standard InChI is InChI=1S/C22H32N2O4S/c1-29(26,27)23-20-13-14-24(22(25)18-7-8-18)21(20)15-28-19-11-9-17(10-12-19)16-5-3-2-4-6-16/h2-6,17-21,23H,7-15H2,1H3/t17-,19+,20?,21?. The Morgan fingerprint density at radius 3 is 2.38 bits per heavy atom. The maximum absolute atomic E-state index is 12.7. The van der Waals surface area contributed by atoms with Crippen LogP contribution in [0, 0.1) is 5.92 Å². The van der Waals surface area contributed by atoms with Gasteiger partial charge >= 0.3 is 0 Å². The maximum Gasteiger partial charge on any atom is 0.226 e. The molecule has 3 fully saturated rings. The van der Waals surface area contributed by atoms with E-state index in [9.17, 15) is 13.2 Å². The van der Waals surface area contributed by atoms with Crippen molar-refractivity contribution in [2.24, 2.45) is 5.92 Å². The van der Waals surface area contributed by atoms with Crippen molar-refractivity contribution in [3.63, 3.8) is 0 Å². The molecule has 3 aliphatic rings. The minimum Gasteiger partial charge on any atom is -0.376 e. The fourth-order valence-corrected chi connectivity index (χ4v) is 5.66. The van der Waals surface area contributed by atoms with Gasteiger partial charge in [-0.2, -0.15) is 0 Å². The number of carbonyl (C=O) groups is 1. The van der Waals surface area contributed by atoms with Crippen LogP contribution >= 0.6 is 0 Å². The molecule has 1 aromatic rings. The van der Waals surface area contributed by atoms with E-state index >= 15 is 0 Å². The third-order valence-corrected chi connectivity index (χ3v) is 7.30. The summed E-state index contributed by atoms with van der Waals surface area (Å²) in [6.07, 6.45) is 8.16. The largest absolute Gasteiger partial charge is 0.376 e. The van der Waals surface area contributed by atoms with Gasteiger partial charge in [0.1, 0.15) is 0 Å². The second-order valence-corrected chi connectivity index (χ2v) is 10.7. The van der Waals surface area contributed by atoms with Gasteiger partial charge in [-0.15, -0.1) is 0 Å². The Morgan fingerprint density at radius 2 is 1.76 bits per heavy atom. The van der Waals surface area contributed by atoms with Crippen molar-refractivity contribution in [3.05, 3.63) is 35.9 Å². The van der Waals surface area contributed by atoms with Crippen LogP contribution in [-0.2, 0) is 19.6 Å². The monoisotopic (exact) mass is 420 g/mol. The Labute approximate surface area is 174 Å². The molecule has 1 saturated heterocycles. The molecule has 7 heteroatoms. The molecule has 6 nitrogen and oxygen atoms in total. The number of nitrogens with one attached hydrogen (secondary N) is 1. The number of amides is 1. The van der Waals surface area contributed by atoms with Crippen molar-refractivity contribution in [1.29, 1.82) is 0 Å². The Kier molecular flexibility index (Phi) is 6.27. The summed E-state index contributed by atoms with van der Waals surface area (Å²) < 4.78 is 32.5. The van der Waals surface area contributed by atoms with E-state index in [1.54, 1.807) is 0 Å². The zero-order valence-electron chi connectivity index (χ0n) is 17.1. The zero-order chi connectivity index (χ0) is 20.4. The number of rotatable bonds is 7. The molecule has 0 radical (unpaired) electrons. The van der Waals surface area contributed by atoms with Gasteiger partial charge in [-0.3, -0.25) is 4.79 Å². The summed E-state index contributed by atoms with van der Waals surface area (Å²) in [4.78, 5) is 14.5. The highest BCUT2D eigenvalue weighted by Gasteiger charge is 2.43. The summed E-state index contributed by atoms with van der Waals surface area (Å²) in [6.45, 7) is 1.02. The summed E-state index contributed by atoms with van der Waals surface area (Å²) in [6, 6.07) is 10.2. The SMILES string of the molecule is CS(=O)(=O)NC1CCN(C(=O)C2CC2)C1CO[C@H]1CC[C@@H](c2ccccc2)CC1. The molecular formula is C22H32N2O4S. The van der Waals surface area contributed by atoms with Gasteiger partial charge in [-0.1, -0.05) is 30.3 Å². The quantitative estimate of drug-likeness (QED) is 0.736. The van der Waals surface area contributed by atoms with Crippen molar-refractivity contribution in [1.82, 2.24) is 9.62 Å². The molecule has 2 aliphatic carbocycles. The molecule has 0 bridgehead atoms. The number of nitrogens with zero attached hydrogens (tertiary/aromatic N) is 1. The van der Waals surface area contributed by atoms with Crippen molar-refractivity contribution in [2.45, 2.75) is 69.1 Å². The van der Waals surface area contributed by atoms with Crippen LogP contribution in [0.15, 0.2) is 30.3 Å². The first-order valence-corrected chi connectivity index (χ1v) is 12.7. The molecule has 0 aromatic heterocycles.